The Morgan fingerprint density at radius 3 is 2.50 bits per heavy atom. The number of ether oxygens (including phenoxy) is 1. The summed E-state index contributed by atoms with van der Waals surface area (Å²) in [5.74, 6) is 0.969. The molecule has 2 aromatic carbocycles. The lowest BCUT2D eigenvalue weighted by Crippen LogP contribution is -2.44. The third kappa shape index (κ3) is 5.06. The summed E-state index contributed by atoms with van der Waals surface area (Å²) < 4.78 is 5.56. The van der Waals surface area contributed by atoms with Crippen LogP contribution < -0.4 is 5.32 Å². The molecule has 2 aromatic rings. The number of carbonyl (C=O) groups is 1. The Labute approximate surface area is 164 Å². The molecule has 0 aromatic heterocycles. The molecule has 1 aliphatic heterocycles. The first-order valence-corrected chi connectivity index (χ1v) is 10.8. The average Bonchev–Trinajstić information content (AvgIpc) is 2.68. The molecule has 1 fully saturated rings. The van der Waals surface area contributed by atoms with Crippen molar-refractivity contribution in [2.45, 2.75) is 34.3 Å². The summed E-state index contributed by atoms with van der Waals surface area (Å²) in [4.78, 5) is 15.1. The molecule has 0 aliphatic carbocycles. The maximum Gasteiger partial charge on any atom is 0.252 e. The molecular formula is C21H25NO2S2. The summed E-state index contributed by atoms with van der Waals surface area (Å²) in [7, 11) is 0. The second kappa shape index (κ2) is 9.49. The fourth-order valence-electron chi connectivity index (χ4n) is 3.07. The molecule has 1 saturated heterocycles. The molecule has 26 heavy (non-hydrogen) atoms. The van der Waals surface area contributed by atoms with Crippen molar-refractivity contribution in [3.63, 3.8) is 0 Å². The Bertz CT molecular complexity index is 715. The predicted molar refractivity (Wildman–Crippen MR) is 110 cm³/mol. The molecule has 0 saturated carbocycles. The molecule has 1 N–H and O–H groups in total. The SMILES string of the molecule is CCSc1ccccc1C(=O)NCC1(Sc2ccccc2)CCOCC1. The average molecular weight is 388 g/mol. The molecule has 1 aliphatic rings. The van der Waals surface area contributed by atoms with Gasteiger partial charge in [-0.2, -0.15) is 0 Å². The van der Waals surface area contributed by atoms with Gasteiger partial charge in [0.25, 0.3) is 5.91 Å². The molecular weight excluding hydrogens is 362 g/mol. The molecule has 3 nitrogen and oxygen atoms in total. The molecule has 138 valence electrons. The van der Waals surface area contributed by atoms with E-state index in [1.807, 2.05) is 42.1 Å². The zero-order chi connectivity index (χ0) is 18.2. The molecule has 0 spiro atoms. The number of rotatable bonds is 7. The highest BCUT2D eigenvalue weighted by Gasteiger charge is 2.34. The van der Waals surface area contributed by atoms with Crippen molar-refractivity contribution in [3.05, 3.63) is 60.2 Å². The van der Waals surface area contributed by atoms with Gasteiger partial charge in [0.15, 0.2) is 0 Å². The van der Waals surface area contributed by atoms with Crippen LogP contribution in [0.1, 0.15) is 30.1 Å². The van der Waals surface area contributed by atoms with Gasteiger partial charge in [-0.25, -0.2) is 0 Å². The maximum atomic E-state index is 12.8. The van der Waals surface area contributed by atoms with Crippen LogP contribution in [0.5, 0.6) is 0 Å². The van der Waals surface area contributed by atoms with Crippen molar-refractivity contribution in [1.29, 1.82) is 0 Å². The largest absolute Gasteiger partial charge is 0.381 e. The van der Waals surface area contributed by atoms with Gasteiger partial charge in [0.05, 0.1) is 5.56 Å². The van der Waals surface area contributed by atoms with E-state index < -0.39 is 0 Å². The molecule has 0 atom stereocenters. The van der Waals surface area contributed by atoms with Gasteiger partial charge in [0.1, 0.15) is 0 Å². The van der Waals surface area contributed by atoms with Crippen molar-refractivity contribution in [2.75, 3.05) is 25.5 Å². The molecule has 5 heteroatoms. The number of thioether (sulfide) groups is 2. The van der Waals surface area contributed by atoms with Crippen LogP contribution in [0.15, 0.2) is 64.4 Å². The highest BCUT2D eigenvalue weighted by Crippen LogP contribution is 2.40. The van der Waals surface area contributed by atoms with E-state index in [0.717, 1.165) is 42.3 Å². The van der Waals surface area contributed by atoms with E-state index in [1.165, 1.54) is 4.90 Å². The Kier molecular flexibility index (Phi) is 7.06. The first-order valence-electron chi connectivity index (χ1n) is 9.04. The summed E-state index contributed by atoms with van der Waals surface area (Å²) in [5, 5.41) is 3.20. The third-order valence-electron chi connectivity index (χ3n) is 4.48. The lowest BCUT2D eigenvalue weighted by molar-refractivity contribution is 0.0740. The highest BCUT2D eigenvalue weighted by molar-refractivity contribution is 8.00. The van der Waals surface area contributed by atoms with Crippen LogP contribution in [0.3, 0.4) is 0 Å². The molecule has 3 rings (SSSR count). The molecule has 0 bridgehead atoms. The normalized spacial score (nSPS) is 16.2. The molecule has 0 unspecified atom stereocenters. The number of benzene rings is 2. The minimum atomic E-state index is -0.0118. The summed E-state index contributed by atoms with van der Waals surface area (Å²) in [5.41, 5.74) is 0.770. The zero-order valence-electron chi connectivity index (χ0n) is 15.1. The maximum absolute atomic E-state index is 12.8. The van der Waals surface area contributed by atoms with Gasteiger partial charge in [0, 0.05) is 34.3 Å². The predicted octanol–water partition coefficient (Wildman–Crippen LogP) is 4.87. The van der Waals surface area contributed by atoms with E-state index >= 15 is 0 Å². The Hall–Kier alpha value is -1.43. The van der Waals surface area contributed by atoms with Crippen molar-refractivity contribution in [3.8, 4) is 0 Å². The second-order valence-electron chi connectivity index (χ2n) is 6.32. The Morgan fingerprint density at radius 1 is 1.08 bits per heavy atom. The molecule has 1 heterocycles. The van der Waals surface area contributed by atoms with Crippen LogP contribution in [-0.2, 0) is 4.74 Å². The minimum Gasteiger partial charge on any atom is -0.381 e. The van der Waals surface area contributed by atoms with Gasteiger partial charge in [-0.1, -0.05) is 37.3 Å². The zero-order valence-corrected chi connectivity index (χ0v) is 16.7. The standard InChI is InChI=1S/C21H25NO2S2/c1-2-25-19-11-7-6-10-18(19)20(23)22-16-21(12-14-24-15-13-21)26-17-8-4-3-5-9-17/h3-11H,2,12-16H2,1H3,(H,22,23). The van der Waals surface area contributed by atoms with Crippen molar-refractivity contribution in [1.82, 2.24) is 5.32 Å². The number of carbonyl (C=O) groups excluding carboxylic acids is 1. The van der Waals surface area contributed by atoms with Crippen LogP contribution in [0, 0.1) is 0 Å². The van der Waals surface area contributed by atoms with Crippen LogP contribution in [0.25, 0.3) is 0 Å². The number of hydrogen-bond acceptors (Lipinski definition) is 4. The van der Waals surface area contributed by atoms with Gasteiger partial charge in [-0.05, 0) is 42.9 Å². The van der Waals surface area contributed by atoms with E-state index in [0.29, 0.717) is 6.54 Å². The van der Waals surface area contributed by atoms with Gasteiger partial charge >= 0.3 is 0 Å². The van der Waals surface area contributed by atoms with Crippen molar-refractivity contribution >= 4 is 29.4 Å². The first-order chi connectivity index (χ1) is 12.7. The van der Waals surface area contributed by atoms with E-state index in [-0.39, 0.29) is 10.7 Å². The van der Waals surface area contributed by atoms with Crippen LogP contribution in [-0.4, -0.2) is 36.2 Å². The third-order valence-corrected chi connectivity index (χ3v) is 6.93. The number of amides is 1. The summed E-state index contributed by atoms with van der Waals surface area (Å²) in [6.45, 7) is 4.25. The van der Waals surface area contributed by atoms with Crippen LogP contribution in [0.4, 0.5) is 0 Å². The fourth-order valence-corrected chi connectivity index (χ4v) is 5.18. The lowest BCUT2D eigenvalue weighted by atomic mass is 9.99. The van der Waals surface area contributed by atoms with Gasteiger partial charge in [0.2, 0.25) is 0 Å². The first kappa shape index (κ1) is 19.3. The van der Waals surface area contributed by atoms with E-state index in [4.69, 9.17) is 4.74 Å². The Morgan fingerprint density at radius 2 is 1.77 bits per heavy atom. The summed E-state index contributed by atoms with van der Waals surface area (Å²) in [6.07, 6.45) is 1.89. The van der Waals surface area contributed by atoms with E-state index in [9.17, 15) is 4.79 Å². The smallest absolute Gasteiger partial charge is 0.252 e. The van der Waals surface area contributed by atoms with Crippen molar-refractivity contribution in [2.24, 2.45) is 0 Å². The van der Waals surface area contributed by atoms with Crippen molar-refractivity contribution < 1.29 is 9.53 Å². The topological polar surface area (TPSA) is 38.3 Å². The monoisotopic (exact) mass is 387 g/mol. The fraction of sp³-hybridized carbons (Fsp3) is 0.381. The van der Waals surface area contributed by atoms with Crippen LogP contribution >= 0.6 is 23.5 Å². The van der Waals surface area contributed by atoms with E-state index in [2.05, 4.69) is 36.5 Å². The van der Waals surface area contributed by atoms with Gasteiger partial charge in [-0.3, -0.25) is 4.79 Å². The van der Waals surface area contributed by atoms with Gasteiger partial charge < -0.3 is 10.1 Å². The number of nitrogens with one attached hydrogen (secondary N) is 1. The van der Waals surface area contributed by atoms with Gasteiger partial charge in [-0.15, -0.1) is 23.5 Å². The Balaban J connectivity index is 1.71. The molecule has 1 amide bonds. The summed E-state index contributed by atoms with van der Waals surface area (Å²) >= 11 is 3.57. The minimum absolute atomic E-state index is 0.0118. The van der Waals surface area contributed by atoms with E-state index in [1.54, 1.807) is 11.8 Å². The highest BCUT2D eigenvalue weighted by atomic mass is 32.2. The quantitative estimate of drug-likeness (QED) is 0.688. The number of hydrogen-bond donors (Lipinski definition) is 1. The molecule has 0 radical (unpaired) electrons. The second-order valence-corrected chi connectivity index (χ2v) is 9.17. The van der Waals surface area contributed by atoms with Crippen LogP contribution in [0.2, 0.25) is 0 Å². The summed E-state index contributed by atoms with van der Waals surface area (Å²) in [6, 6.07) is 18.3. The lowest BCUT2D eigenvalue weighted by Gasteiger charge is -2.36.